The molecule has 0 spiro atoms. The van der Waals surface area contributed by atoms with Gasteiger partial charge in [0.05, 0.1) is 89.7 Å². The van der Waals surface area contributed by atoms with Crippen LogP contribution >= 0.6 is 0 Å². The second-order valence-corrected chi connectivity index (χ2v) is 37.4. The van der Waals surface area contributed by atoms with Gasteiger partial charge in [0.15, 0.2) is 25.2 Å². The molecule has 0 aliphatic carbocycles. The third-order valence-electron chi connectivity index (χ3n) is 26.3. The van der Waals surface area contributed by atoms with E-state index in [0.29, 0.717) is 25.9 Å². The van der Waals surface area contributed by atoms with Crippen molar-refractivity contribution in [3.05, 3.63) is 35.9 Å². The van der Waals surface area contributed by atoms with Crippen molar-refractivity contribution in [2.45, 2.75) is 377 Å². The topological polar surface area (TPSA) is 402 Å². The van der Waals surface area contributed by atoms with Gasteiger partial charge in [0, 0.05) is 76.2 Å². The molecule has 36 atom stereocenters. The average molecular weight is 1700 g/mol. The number of carbonyl (C=O) groups is 4. The highest BCUT2D eigenvalue weighted by Gasteiger charge is 2.57. The average Bonchev–Trinajstić information content (AvgIpc) is 1.56. The summed E-state index contributed by atoms with van der Waals surface area (Å²) in [5.41, 5.74) is -8.30. The van der Waals surface area contributed by atoms with Crippen molar-refractivity contribution in [3.63, 3.8) is 0 Å². The monoisotopic (exact) mass is 1700 g/mol. The predicted octanol–water partition coefficient (Wildman–Crippen LogP) is 5.11. The van der Waals surface area contributed by atoms with Crippen LogP contribution in [0.1, 0.15) is 195 Å². The molecule has 0 saturated carbocycles. The van der Waals surface area contributed by atoms with Gasteiger partial charge in [-0.2, -0.15) is 0 Å². The minimum Gasteiger partial charge on any atom is -0.459 e. The number of esters is 4. The maximum absolute atomic E-state index is 14.6. The van der Waals surface area contributed by atoms with Crippen LogP contribution < -0.4 is 0 Å². The van der Waals surface area contributed by atoms with Crippen molar-refractivity contribution in [3.8, 4) is 0 Å². The minimum absolute atomic E-state index is 0.0971. The van der Waals surface area contributed by atoms with Crippen molar-refractivity contribution in [1.82, 2.24) is 19.6 Å². The van der Waals surface area contributed by atoms with Crippen molar-refractivity contribution in [1.29, 1.82) is 0 Å². The lowest BCUT2D eigenvalue weighted by molar-refractivity contribution is -0.318. The van der Waals surface area contributed by atoms with Gasteiger partial charge >= 0.3 is 23.9 Å². The summed E-state index contributed by atoms with van der Waals surface area (Å²) < 4.78 is 93.2. The molecule has 0 bridgehead atoms. The van der Waals surface area contributed by atoms with Crippen molar-refractivity contribution in [2.75, 3.05) is 82.8 Å². The highest BCUT2D eigenvalue weighted by molar-refractivity contribution is 5.74. The Bertz CT molecular complexity index is 3270. The van der Waals surface area contributed by atoms with Gasteiger partial charge in [-0.3, -0.25) is 19.4 Å². The summed E-state index contributed by atoms with van der Waals surface area (Å²) in [5, 5.41) is 105. The molecule has 9 N–H and O–H groups in total. The number of cyclic esters (lactones) is 2. The van der Waals surface area contributed by atoms with Crippen LogP contribution in [0.15, 0.2) is 30.3 Å². The van der Waals surface area contributed by atoms with E-state index in [2.05, 4.69) is 0 Å². The number of nitrogens with zero attached hydrogens (tertiary/aromatic N) is 4. The molecule has 690 valence electrons. The quantitative estimate of drug-likeness (QED) is 0.0570. The molecule has 0 unspecified atom stereocenters. The minimum atomic E-state index is -1.92. The van der Waals surface area contributed by atoms with Gasteiger partial charge in [0.25, 0.3) is 0 Å². The highest BCUT2D eigenvalue weighted by atomic mass is 16.7. The van der Waals surface area contributed by atoms with Crippen LogP contribution in [0.5, 0.6) is 0 Å². The summed E-state index contributed by atoms with van der Waals surface area (Å²) in [4.78, 5) is 62.7. The first-order valence-electron chi connectivity index (χ1n) is 42.9. The van der Waals surface area contributed by atoms with Crippen LogP contribution in [0, 0.1) is 35.5 Å². The fourth-order valence-electron chi connectivity index (χ4n) is 19.1. The van der Waals surface area contributed by atoms with E-state index < -0.39 is 210 Å². The van der Waals surface area contributed by atoms with Gasteiger partial charge < -0.3 is 127 Å². The fraction of sp³-hybridized carbons (Fsp3) is 0.885. The summed E-state index contributed by atoms with van der Waals surface area (Å²) in [5.74, 6) is -7.34. The van der Waals surface area contributed by atoms with E-state index in [-0.39, 0.29) is 87.9 Å². The molecule has 6 aliphatic rings. The maximum Gasteiger partial charge on any atom is 0.332 e. The SMILES string of the molecule is CC[C@H]1OC(=O)[C@H](C)[C@@H](O[C@H]2C[C@@](C)(OC)[C@@H](O)[C@H](C)O2)[C@H](C)[C@@H](O[C@@H]2O[C@H](C)C[C@H](N(C)C)[C@H]2O)[C@](C)(O)C[C@@H](C)CN(C)[C@H](C)[C@@H](OC(=O)CO)[C@]1(C)O.CC[C@H]1OC(=O)[C@H](C)[C@@H](O[C@H]2C[C@@](C)(OC)[C@@H](O)[C@H](C)O2)[C@H](C)[C@@H](O[C@@H]2O[C@H](C)C[C@H](N(C)C)[C@H]2O)[C@](C)(O)C[C@@H](C)CN(C)[C@H](C)[C@@H](OC(=O)COCc2ccccc2)[C@]1(C)O. The molecule has 32 heteroatoms. The zero-order valence-electron chi connectivity index (χ0n) is 76.5. The molecule has 1 aromatic carbocycles. The summed E-state index contributed by atoms with van der Waals surface area (Å²) in [6, 6.07) is 7.54. The number of ether oxygens (including phenoxy) is 15. The number of hydrogen-bond donors (Lipinski definition) is 9. The van der Waals surface area contributed by atoms with Gasteiger partial charge in [-0.15, -0.1) is 0 Å². The Balaban J connectivity index is 0.000000372. The predicted molar refractivity (Wildman–Crippen MR) is 439 cm³/mol. The fourth-order valence-corrected chi connectivity index (χ4v) is 19.1. The van der Waals surface area contributed by atoms with Crippen LogP contribution in [-0.4, -0.2) is 353 Å². The second kappa shape index (κ2) is 44.0. The Morgan fingerprint density at radius 3 is 1.22 bits per heavy atom. The number of benzene rings is 1. The molecule has 6 heterocycles. The summed E-state index contributed by atoms with van der Waals surface area (Å²) in [6.45, 7) is 34.5. The number of aliphatic hydroxyl groups is 9. The van der Waals surface area contributed by atoms with E-state index in [9.17, 15) is 65.1 Å². The molecule has 1 aromatic rings. The van der Waals surface area contributed by atoms with E-state index in [1.54, 1.807) is 90.1 Å². The number of methoxy groups -OCH3 is 2. The number of likely N-dealkylation sites (N-methyl/N-ethyl adjacent to an activating group) is 4. The van der Waals surface area contributed by atoms with E-state index in [0.717, 1.165) is 5.56 Å². The number of aliphatic hydroxyl groups excluding tert-OH is 5. The first-order valence-corrected chi connectivity index (χ1v) is 42.9. The van der Waals surface area contributed by atoms with E-state index in [4.69, 9.17) is 71.1 Å². The lowest BCUT2D eigenvalue weighted by Gasteiger charge is -2.48. The van der Waals surface area contributed by atoms with Crippen molar-refractivity contribution >= 4 is 23.9 Å². The third kappa shape index (κ3) is 26.2. The van der Waals surface area contributed by atoms with Gasteiger partial charge in [-0.1, -0.05) is 71.9 Å². The van der Waals surface area contributed by atoms with Crippen LogP contribution in [0.2, 0.25) is 0 Å². The Labute approximate surface area is 707 Å². The normalized spacial score (nSPS) is 44.7. The third-order valence-corrected chi connectivity index (χ3v) is 26.3. The molecular formula is C87H154N4O28. The smallest absolute Gasteiger partial charge is 0.332 e. The van der Waals surface area contributed by atoms with E-state index >= 15 is 0 Å². The summed E-state index contributed by atoms with van der Waals surface area (Å²) >= 11 is 0. The van der Waals surface area contributed by atoms with Gasteiger partial charge in [0.1, 0.15) is 73.2 Å². The van der Waals surface area contributed by atoms with Crippen LogP contribution in [-0.2, 0) is 96.8 Å². The number of rotatable bonds is 21. The number of hydrogen-bond acceptors (Lipinski definition) is 32. The molecule has 32 nitrogen and oxygen atoms in total. The van der Waals surface area contributed by atoms with Crippen molar-refractivity contribution < 1.29 is 136 Å². The van der Waals surface area contributed by atoms with Gasteiger partial charge in [-0.05, 0) is 195 Å². The molecule has 6 fully saturated rings. The Kier molecular flexibility index (Phi) is 38.5. The van der Waals surface area contributed by atoms with E-state index in [1.165, 1.54) is 28.1 Å². The molecule has 6 aliphatic heterocycles. The second-order valence-electron chi connectivity index (χ2n) is 37.4. The zero-order valence-corrected chi connectivity index (χ0v) is 76.5. The molecule has 119 heavy (non-hydrogen) atoms. The molecule has 0 radical (unpaired) electrons. The molecule has 0 aromatic heterocycles. The first-order chi connectivity index (χ1) is 55.2. The van der Waals surface area contributed by atoms with Crippen LogP contribution in [0.4, 0.5) is 0 Å². The largest absolute Gasteiger partial charge is 0.459 e. The Hall–Kier alpha value is -3.86. The van der Waals surface area contributed by atoms with Crippen LogP contribution in [0.3, 0.4) is 0 Å². The van der Waals surface area contributed by atoms with E-state index in [1.807, 2.05) is 127 Å². The Morgan fingerprint density at radius 2 is 0.882 bits per heavy atom. The molecule has 6 saturated heterocycles. The Morgan fingerprint density at radius 1 is 0.521 bits per heavy atom. The standard InChI is InChI=1S/C47H80N2O14.C40H74N2O14/c1-15-35-47(10,55)42(61-36(50)26-57-25-33-19-17-16-18-20-33)31(6)49(13)24-27(2)22-45(8,54)41(63-44-38(51)34(48(11)12)21-28(3)58-44)29(4)39(30(5)43(53)60-35)62-37-23-46(9,56-14)40(52)32(7)59-37;1-15-28-40(10,49)35(54-29(44)20-43)25(6)42(13)19-21(2)17-38(8,48)34(56-37-31(45)27(41(11)12)16-22(3)51-37)23(4)32(24(5)36(47)53-28)55-30-18-39(9,50-14)33(46)26(7)52-30/h16-20,27-32,34-35,37-42,44,51-52,54-55H,15,21-26H2,1-14H3;21-28,30-35,37,43,45-46,48-49H,15-20H2,1-14H3/t27-,28-,29+,30-,31-,32+,34+,35-,37+,38-,39+,40+,41-,42-,44+,45-,46-,47-;21-,22-,23+,24-,25-,26+,27+,28-,30+,31-,32+,33+,34-,35-,37+,38-,39-,40-/m11/s1. The van der Waals surface area contributed by atoms with Crippen LogP contribution in [0.25, 0.3) is 0 Å². The molecule has 0 amide bonds. The molecule has 7 rings (SSSR count). The first kappa shape index (κ1) is 104. The summed E-state index contributed by atoms with van der Waals surface area (Å²) in [7, 11) is 14.1. The zero-order chi connectivity index (χ0) is 89.9. The molecular weight excluding hydrogens is 1550 g/mol. The lowest BCUT2D eigenvalue weighted by Crippen LogP contribution is -2.61. The van der Waals surface area contributed by atoms with Gasteiger partial charge in [0.2, 0.25) is 0 Å². The lowest BCUT2D eigenvalue weighted by atomic mass is 9.77. The van der Waals surface area contributed by atoms with Crippen molar-refractivity contribution in [2.24, 2.45) is 35.5 Å². The maximum atomic E-state index is 14.6. The number of carbonyl (C=O) groups excluding carboxylic acids is 4. The summed E-state index contributed by atoms with van der Waals surface area (Å²) in [6.07, 6.45) is -17.5. The van der Waals surface area contributed by atoms with Gasteiger partial charge in [-0.25, -0.2) is 9.59 Å². The highest BCUT2D eigenvalue weighted by Crippen LogP contribution is 2.44.